The molecule has 2 aliphatic heterocycles. The predicted molar refractivity (Wildman–Crippen MR) is 101 cm³/mol. The van der Waals surface area contributed by atoms with E-state index in [1.54, 1.807) is 24.3 Å². The fourth-order valence-corrected chi connectivity index (χ4v) is 4.21. The largest absolute Gasteiger partial charge is 0.350 e. The third-order valence-corrected chi connectivity index (χ3v) is 5.85. The minimum atomic E-state index is -0.186. The van der Waals surface area contributed by atoms with Crippen molar-refractivity contribution >= 4 is 23.4 Å². The number of amides is 2. The first-order chi connectivity index (χ1) is 12.6. The summed E-state index contributed by atoms with van der Waals surface area (Å²) in [6.45, 7) is 1.31. The van der Waals surface area contributed by atoms with Gasteiger partial charge in [-0.05, 0) is 49.1 Å². The van der Waals surface area contributed by atoms with E-state index in [0.29, 0.717) is 23.7 Å². The number of likely N-dealkylation sites (tertiary alicyclic amines) is 1. The van der Waals surface area contributed by atoms with E-state index in [-0.39, 0.29) is 23.3 Å². The average molecular weight is 369 g/mol. The van der Waals surface area contributed by atoms with Gasteiger partial charge in [-0.3, -0.25) is 9.59 Å². The van der Waals surface area contributed by atoms with Crippen LogP contribution >= 0.6 is 11.6 Å². The van der Waals surface area contributed by atoms with E-state index in [4.69, 9.17) is 11.6 Å². The third kappa shape index (κ3) is 3.21. The van der Waals surface area contributed by atoms with Crippen molar-refractivity contribution in [2.45, 2.75) is 30.7 Å². The zero-order valence-corrected chi connectivity index (χ0v) is 15.2. The van der Waals surface area contributed by atoms with Crippen molar-refractivity contribution in [1.29, 1.82) is 0 Å². The highest BCUT2D eigenvalue weighted by atomic mass is 35.5. The first kappa shape index (κ1) is 17.1. The molecule has 26 heavy (non-hydrogen) atoms. The van der Waals surface area contributed by atoms with Gasteiger partial charge in [-0.25, -0.2) is 0 Å². The number of nitrogens with zero attached hydrogens (tertiary/aromatic N) is 1. The van der Waals surface area contributed by atoms with E-state index in [0.717, 1.165) is 24.8 Å². The van der Waals surface area contributed by atoms with Crippen LogP contribution in [0.25, 0.3) is 0 Å². The maximum Gasteiger partial charge on any atom is 0.253 e. The molecule has 1 spiro atoms. The molecule has 1 atom stereocenters. The number of carbonyl (C=O) groups is 2. The van der Waals surface area contributed by atoms with E-state index < -0.39 is 0 Å². The smallest absolute Gasteiger partial charge is 0.253 e. The summed E-state index contributed by atoms with van der Waals surface area (Å²) in [6.07, 6.45) is 2.39. The molecule has 2 heterocycles. The summed E-state index contributed by atoms with van der Waals surface area (Å²) in [4.78, 5) is 27.0. The number of piperidine rings is 1. The van der Waals surface area contributed by atoms with E-state index in [1.807, 2.05) is 35.2 Å². The van der Waals surface area contributed by atoms with Crippen molar-refractivity contribution < 1.29 is 9.59 Å². The van der Waals surface area contributed by atoms with Crippen LogP contribution in [0.5, 0.6) is 0 Å². The third-order valence-electron chi connectivity index (χ3n) is 5.60. The zero-order valence-electron chi connectivity index (χ0n) is 14.5. The minimum Gasteiger partial charge on any atom is -0.350 e. The molecule has 0 aromatic heterocycles. The molecule has 0 aliphatic carbocycles. The van der Waals surface area contributed by atoms with Crippen LogP contribution in [0.1, 0.15) is 41.1 Å². The molecule has 0 saturated carbocycles. The second kappa shape index (κ2) is 6.76. The number of nitrogens with one attached hydrogen (secondary N) is 1. The van der Waals surface area contributed by atoms with Crippen LogP contribution in [0.3, 0.4) is 0 Å². The number of benzene rings is 2. The summed E-state index contributed by atoms with van der Waals surface area (Å²) in [6, 6.07) is 16.9. The van der Waals surface area contributed by atoms with Gasteiger partial charge in [0.25, 0.3) is 5.91 Å². The quantitative estimate of drug-likeness (QED) is 0.880. The van der Waals surface area contributed by atoms with Gasteiger partial charge in [-0.2, -0.15) is 0 Å². The molecule has 4 rings (SSSR count). The summed E-state index contributed by atoms with van der Waals surface area (Å²) in [5.74, 6) is 0.0452. The van der Waals surface area contributed by atoms with Crippen molar-refractivity contribution in [3.05, 3.63) is 70.7 Å². The molecule has 5 heteroatoms. The Labute approximate surface area is 158 Å². The normalized spacial score (nSPS) is 21.7. The van der Waals surface area contributed by atoms with E-state index >= 15 is 0 Å². The molecule has 2 aromatic carbocycles. The van der Waals surface area contributed by atoms with E-state index in [9.17, 15) is 9.59 Å². The van der Waals surface area contributed by atoms with Gasteiger partial charge in [-0.15, -0.1) is 0 Å². The summed E-state index contributed by atoms with van der Waals surface area (Å²) in [5.41, 5.74) is 1.54. The monoisotopic (exact) mass is 368 g/mol. The van der Waals surface area contributed by atoms with Crippen LogP contribution in [0.15, 0.2) is 54.6 Å². The Kier molecular flexibility index (Phi) is 4.45. The van der Waals surface area contributed by atoms with Gasteiger partial charge < -0.3 is 10.2 Å². The number of hydrogen-bond donors (Lipinski definition) is 1. The highest BCUT2D eigenvalue weighted by Crippen LogP contribution is 2.39. The molecule has 1 unspecified atom stereocenters. The van der Waals surface area contributed by atoms with Crippen molar-refractivity contribution in [2.24, 2.45) is 0 Å². The lowest BCUT2D eigenvalue weighted by molar-refractivity contribution is -0.121. The Morgan fingerprint density at radius 2 is 1.69 bits per heavy atom. The summed E-state index contributed by atoms with van der Waals surface area (Å²) in [7, 11) is 0. The minimum absolute atomic E-state index is 0.0282. The maximum atomic E-state index is 12.7. The molecule has 2 amide bonds. The molecule has 2 fully saturated rings. The lowest BCUT2D eigenvalue weighted by Crippen LogP contribution is -2.52. The standard InChI is InChI=1S/C21H21ClN2O2/c22-17-8-6-16(7-9-17)20(26)24-12-10-21(11-13-24)14-18(19(25)23-21)15-4-2-1-3-5-15/h1-9,18H,10-14H2,(H,23,25). The number of halogens is 1. The zero-order chi connectivity index (χ0) is 18.1. The summed E-state index contributed by atoms with van der Waals surface area (Å²) in [5, 5.41) is 3.85. The lowest BCUT2D eigenvalue weighted by Gasteiger charge is -2.39. The van der Waals surface area contributed by atoms with Crippen LogP contribution in [-0.2, 0) is 4.79 Å². The maximum absolute atomic E-state index is 12.7. The van der Waals surface area contributed by atoms with Crippen molar-refractivity contribution in [1.82, 2.24) is 10.2 Å². The summed E-state index contributed by atoms with van der Waals surface area (Å²) < 4.78 is 0. The Morgan fingerprint density at radius 1 is 1.04 bits per heavy atom. The predicted octanol–water partition coefficient (Wildman–Crippen LogP) is 3.62. The Bertz CT molecular complexity index is 812. The Hall–Kier alpha value is -2.33. The van der Waals surface area contributed by atoms with Crippen LogP contribution < -0.4 is 5.32 Å². The van der Waals surface area contributed by atoms with Gasteiger partial charge in [-0.1, -0.05) is 41.9 Å². The average Bonchev–Trinajstić information content (AvgIpc) is 2.99. The van der Waals surface area contributed by atoms with Gasteiger partial charge in [0.1, 0.15) is 0 Å². The molecule has 1 N–H and O–H groups in total. The van der Waals surface area contributed by atoms with Crippen LogP contribution in [0.2, 0.25) is 5.02 Å². The van der Waals surface area contributed by atoms with Gasteiger partial charge in [0.05, 0.1) is 5.92 Å². The van der Waals surface area contributed by atoms with Crippen molar-refractivity contribution in [2.75, 3.05) is 13.1 Å². The number of hydrogen-bond acceptors (Lipinski definition) is 2. The first-order valence-electron chi connectivity index (χ1n) is 8.98. The molecule has 134 valence electrons. The highest BCUT2D eigenvalue weighted by molar-refractivity contribution is 6.30. The number of rotatable bonds is 2. The lowest BCUT2D eigenvalue weighted by atomic mass is 9.82. The van der Waals surface area contributed by atoms with Crippen molar-refractivity contribution in [3.63, 3.8) is 0 Å². The molecule has 2 aromatic rings. The van der Waals surface area contributed by atoms with Crippen LogP contribution in [0, 0.1) is 0 Å². The van der Waals surface area contributed by atoms with Crippen molar-refractivity contribution in [3.8, 4) is 0 Å². The Morgan fingerprint density at radius 3 is 2.35 bits per heavy atom. The second-order valence-electron chi connectivity index (χ2n) is 7.24. The Balaban J connectivity index is 1.43. The topological polar surface area (TPSA) is 49.4 Å². The fraction of sp³-hybridized carbons (Fsp3) is 0.333. The first-order valence-corrected chi connectivity index (χ1v) is 9.36. The van der Waals surface area contributed by atoms with E-state index in [1.165, 1.54) is 0 Å². The molecular weight excluding hydrogens is 348 g/mol. The highest BCUT2D eigenvalue weighted by Gasteiger charge is 2.46. The number of carbonyl (C=O) groups excluding carboxylic acids is 2. The molecule has 2 saturated heterocycles. The van der Waals surface area contributed by atoms with Gasteiger partial charge >= 0.3 is 0 Å². The van der Waals surface area contributed by atoms with Gasteiger partial charge in [0, 0.05) is 29.2 Å². The summed E-state index contributed by atoms with van der Waals surface area (Å²) >= 11 is 5.90. The van der Waals surface area contributed by atoms with Gasteiger partial charge in [0.2, 0.25) is 5.91 Å². The molecule has 4 nitrogen and oxygen atoms in total. The SMILES string of the molecule is O=C1NC2(CCN(C(=O)c3ccc(Cl)cc3)CC2)CC1c1ccccc1. The molecule has 0 radical (unpaired) electrons. The molecule has 2 aliphatic rings. The molecular formula is C21H21ClN2O2. The van der Waals surface area contributed by atoms with Gasteiger partial charge in [0.15, 0.2) is 0 Å². The van der Waals surface area contributed by atoms with E-state index in [2.05, 4.69) is 5.32 Å². The van der Waals surface area contributed by atoms with Crippen LogP contribution in [-0.4, -0.2) is 35.3 Å². The molecule has 0 bridgehead atoms. The van der Waals surface area contributed by atoms with Crippen LogP contribution in [0.4, 0.5) is 0 Å². The fourth-order valence-electron chi connectivity index (χ4n) is 4.08. The second-order valence-corrected chi connectivity index (χ2v) is 7.67.